The largest absolute Gasteiger partial charge is 0.463 e. The molecule has 36 heavy (non-hydrogen) atoms. The van der Waals surface area contributed by atoms with Crippen LogP contribution < -0.4 is 4.90 Å². The van der Waals surface area contributed by atoms with E-state index in [4.69, 9.17) is 16.3 Å². The quantitative estimate of drug-likeness (QED) is 0.286. The lowest BCUT2D eigenvalue weighted by molar-refractivity contribution is -0.144. The maximum absolute atomic E-state index is 14.5. The average Bonchev–Trinajstić information content (AvgIpc) is 2.81. The highest BCUT2D eigenvalue weighted by atomic mass is 35.5. The molecule has 0 saturated carbocycles. The monoisotopic (exact) mass is 527 g/mol. The number of benzene rings is 1. The first-order valence-electron chi connectivity index (χ1n) is 10.8. The van der Waals surface area contributed by atoms with Gasteiger partial charge < -0.3 is 9.64 Å². The van der Waals surface area contributed by atoms with Gasteiger partial charge in [-0.2, -0.15) is 13.2 Å². The van der Waals surface area contributed by atoms with Crippen molar-refractivity contribution in [2.24, 2.45) is 0 Å². The van der Waals surface area contributed by atoms with Gasteiger partial charge in [-0.1, -0.05) is 30.3 Å². The van der Waals surface area contributed by atoms with Crippen LogP contribution in [-0.4, -0.2) is 46.9 Å². The van der Waals surface area contributed by atoms with Crippen LogP contribution in [0.3, 0.4) is 0 Å². The zero-order chi connectivity index (χ0) is 26.6. The molecule has 2 heterocycles. The van der Waals surface area contributed by atoms with E-state index in [-0.39, 0.29) is 42.4 Å². The van der Waals surface area contributed by atoms with Crippen LogP contribution in [0.4, 0.5) is 23.4 Å². The minimum Gasteiger partial charge on any atom is -0.463 e. The standard InChI is InChI=1S/C24H22ClF4N3O4/c1-3-36-23(35)14(2)4-9-19-22(34)32(21-18(26)10-17(25)11-30-21)13-20(33)31(19)12-15-5-7-16(8-6-15)24(27,28)29/h5-8,10-11,19H,2-4,9,12-13H2,1H3. The number of piperazine rings is 1. The van der Waals surface area contributed by atoms with Crippen molar-refractivity contribution < 1.29 is 36.7 Å². The number of hydrogen-bond donors (Lipinski definition) is 0. The summed E-state index contributed by atoms with van der Waals surface area (Å²) >= 11 is 5.74. The molecule has 0 spiro atoms. The minimum atomic E-state index is -4.53. The van der Waals surface area contributed by atoms with Gasteiger partial charge in [0.25, 0.3) is 5.91 Å². The summed E-state index contributed by atoms with van der Waals surface area (Å²) in [6, 6.07) is 3.96. The number of pyridine rings is 1. The molecule has 0 radical (unpaired) electrons. The number of rotatable bonds is 8. The number of halogens is 5. The van der Waals surface area contributed by atoms with Crippen molar-refractivity contribution in [2.45, 2.75) is 38.5 Å². The van der Waals surface area contributed by atoms with Crippen LogP contribution in [0.5, 0.6) is 0 Å². The fraction of sp³-hybridized carbons (Fsp3) is 0.333. The summed E-state index contributed by atoms with van der Waals surface area (Å²) in [5.74, 6) is -3.22. The summed E-state index contributed by atoms with van der Waals surface area (Å²) in [7, 11) is 0. The number of aromatic nitrogens is 1. The van der Waals surface area contributed by atoms with E-state index in [1.807, 2.05) is 0 Å². The van der Waals surface area contributed by atoms with E-state index in [2.05, 4.69) is 11.6 Å². The Labute approximate surface area is 209 Å². The van der Waals surface area contributed by atoms with E-state index >= 15 is 0 Å². The number of hydrogen-bond acceptors (Lipinski definition) is 5. The highest BCUT2D eigenvalue weighted by Gasteiger charge is 2.41. The molecule has 2 amide bonds. The lowest BCUT2D eigenvalue weighted by atomic mass is 10.00. The number of alkyl halides is 3. The molecule has 12 heteroatoms. The maximum Gasteiger partial charge on any atom is 0.416 e. The molecule has 1 aliphatic heterocycles. The minimum absolute atomic E-state index is 0.00162. The molecule has 7 nitrogen and oxygen atoms in total. The highest BCUT2D eigenvalue weighted by molar-refractivity contribution is 6.30. The molecule has 192 valence electrons. The molecule has 1 atom stereocenters. The molecular formula is C24H22ClF4N3O4. The van der Waals surface area contributed by atoms with Crippen molar-refractivity contribution in [3.05, 3.63) is 70.6 Å². The second-order valence-corrected chi connectivity index (χ2v) is 8.41. The number of carbonyl (C=O) groups is 3. The van der Waals surface area contributed by atoms with Crippen molar-refractivity contribution in [2.75, 3.05) is 18.1 Å². The van der Waals surface area contributed by atoms with E-state index in [1.54, 1.807) is 6.92 Å². The fourth-order valence-electron chi connectivity index (χ4n) is 3.70. The Kier molecular flexibility index (Phi) is 8.34. The summed E-state index contributed by atoms with van der Waals surface area (Å²) in [5.41, 5.74) is -0.438. The zero-order valence-corrected chi connectivity index (χ0v) is 19.9. The van der Waals surface area contributed by atoms with Crippen molar-refractivity contribution >= 4 is 35.2 Å². The Bertz CT molecular complexity index is 1170. The Morgan fingerprint density at radius 3 is 2.50 bits per heavy atom. The fourth-order valence-corrected chi connectivity index (χ4v) is 3.84. The first-order valence-corrected chi connectivity index (χ1v) is 11.2. The molecular weight excluding hydrogens is 506 g/mol. The predicted molar refractivity (Wildman–Crippen MR) is 122 cm³/mol. The molecule has 0 aliphatic carbocycles. The van der Waals surface area contributed by atoms with Gasteiger partial charge >= 0.3 is 12.1 Å². The van der Waals surface area contributed by atoms with Gasteiger partial charge in [0.2, 0.25) is 5.91 Å². The maximum atomic E-state index is 14.5. The molecule has 0 bridgehead atoms. The van der Waals surface area contributed by atoms with E-state index < -0.39 is 47.9 Å². The van der Waals surface area contributed by atoms with Crippen LogP contribution in [0.2, 0.25) is 5.02 Å². The molecule has 1 aliphatic rings. The van der Waals surface area contributed by atoms with Crippen LogP contribution in [0.1, 0.15) is 30.9 Å². The first kappa shape index (κ1) is 27.1. The molecule has 0 N–H and O–H groups in total. The number of nitrogens with zero attached hydrogens (tertiary/aromatic N) is 3. The lowest BCUT2D eigenvalue weighted by Crippen LogP contribution is -2.60. The van der Waals surface area contributed by atoms with E-state index in [1.165, 1.54) is 17.0 Å². The van der Waals surface area contributed by atoms with Crippen molar-refractivity contribution in [1.29, 1.82) is 0 Å². The topological polar surface area (TPSA) is 79.8 Å². The summed E-state index contributed by atoms with van der Waals surface area (Å²) in [5, 5.41) is -0.00162. The number of ether oxygens (including phenoxy) is 1. The van der Waals surface area contributed by atoms with E-state index in [0.717, 1.165) is 29.3 Å². The Hall–Kier alpha value is -3.47. The Morgan fingerprint density at radius 1 is 1.25 bits per heavy atom. The van der Waals surface area contributed by atoms with Crippen molar-refractivity contribution in [3.63, 3.8) is 0 Å². The predicted octanol–water partition coefficient (Wildman–Crippen LogP) is 4.54. The number of esters is 1. The lowest BCUT2D eigenvalue weighted by Gasteiger charge is -2.40. The van der Waals surface area contributed by atoms with Gasteiger partial charge in [0, 0.05) is 18.3 Å². The summed E-state index contributed by atoms with van der Waals surface area (Å²) in [6.45, 7) is 4.67. The Morgan fingerprint density at radius 2 is 1.92 bits per heavy atom. The smallest absolute Gasteiger partial charge is 0.416 e. The highest BCUT2D eigenvalue weighted by Crippen LogP contribution is 2.31. The van der Waals surface area contributed by atoms with Crippen LogP contribution in [0, 0.1) is 5.82 Å². The van der Waals surface area contributed by atoms with Crippen LogP contribution in [0.15, 0.2) is 48.7 Å². The molecule has 2 aromatic rings. The summed E-state index contributed by atoms with van der Waals surface area (Å²) in [6.07, 6.45) is -3.48. The number of anilines is 1. The SMILES string of the molecule is C=C(CCC1C(=O)N(c2ncc(Cl)cc2F)CC(=O)N1Cc1ccc(C(F)(F)F)cc1)C(=O)OCC. The van der Waals surface area contributed by atoms with E-state index in [9.17, 15) is 31.9 Å². The zero-order valence-electron chi connectivity index (χ0n) is 19.1. The molecule has 1 fully saturated rings. The second-order valence-electron chi connectivity index (χ2n) is 7.98. The third kappa shape index (κ3) is 6.20. The normalized spacial score (nSPS) is 16.3. The van der Waals surface area contributed by atoms with Gasteiger partial charge in [-0.3, -0.25) is 14.5 Å². The van der Waals surface area contributed by atoms with Crippen LogP contribution >= 0.6 is 11.6 Å². The Balaban J connectivity index is 1.89. The van der Waals surface area contributed by atoms with Crippen LogP contribution in [-0.2, 0) is 31.8 Å². The second kappa shape index (κ2) is 11.1. The van der Waals surface area contributed by atoms with Crippen LogP contribution in [0.25, 0.3) is 0 Å². The van der Waals surface area contributed by atoms with Gasteiger partial charge in [0.1, 0.15) is 12.6 Å². The molecule has 1 unspecified atom stereocenters. The summed E-state index contributed by atoms with van der Waals surface area (Å²) < 4.78 is 58.1. The van der Waals surface area contributed by atoms with Gasteiger partial charge in [-0.15, -0.1) is 0 Å². The van der Waals surface area contributed by atoms with Crippen molar-refractivity contribution in [1.82, 2.24) is 9.88 Å². The molecule has 1 aromatic heterocycles. The van der Waals surface area contributed by atoms with Gasteiger partial charge in [0.15, 0.2) is 11.6 Å². The molecule has 1 saturated heterocycles. The third-order valence-corrected chi connectivity index (χ3v) is 5.71. The number of amides is 2. The van der Waals surface area contributed by atoms with Gasteiger partial charge in [-0.05, 0) is 43.5 Å². The number of carbonyl (C=O) groups excluding carboxylic acids is 3. The first-order chi connectivity index (χ1) is 16.9. The third-order valence-electron chi connectivity index (χ3n) is 5.50. The summed E-state index contributed by atoms with van der Waals surface area (Å²) in [4.78, 5) is 44.3. The van der Waals surface area contributed by atoms with Crippen molar-refractivity contribution in [3.8, 4) is 0 Å². The van der Waals surface area contributed by atoms with Gasteiger partial charge in [-0.25, -0.2) is 14.2 Å². The van der Waals surface area contributed by atoms with E-state index in [0.29, 0.717) is 5.56 Å². The van der Waals surface area contributed by atoms with Gasteiger partial charge in [0.05, 0.1) is 17.2 Å². The molecule has 3 rings (SSSR count). The molecule has 1 aromatic carbocycles. The average molecular weight is 528 g/mol.